The van der Waals surface area contributed by atoms with E-state index >= 15 is 0 Å². The van der Waals surface area contributed by atoms with E-state index in [4.69, 9.17) is 16.3 Å². The van der Waals surface area contributed by atoms with Crippen LogP contribution in [-0.2, 0) is 0 Å². The first-order chi connectivity index (χ1) is 14.8. The average molecular weight is 458 g/mol. The van der Waals surface area contributed by atoms with Crippen LogP contribution in [0.1, 0.15) is 25.7 Å². The predicted molar refractivity (Wildman–Crippen MR) is 109 cm³/mol. The Hall–Kier alpha value is -1.91. The van der Waals surface area contributed by atoms with Crippen molar-refractivity contribution in [2.24, 2.45) is 0 Å². The Morgan fingerprint density at radius 3 is 2.87 bits per heavy atom. The van der Waals surface area contributed by atoms with Gasteiger partial charge in [-0.1, -0.05) is 11.6 Å². The Morgan fingerprint density at radius 2 is 2.06 bits per heavy atom. The number of pyridine rings is 1. The molecule has 5 rings (SSSR count). The molecule has 11 heteroatoms. The van der Waals surface area contributed by atoms with Gasteiger partial charge in [-0.2, -0.15) is 9.97 Å². The van der Waals surface area contributed by atoms with E-state index in [-0.39, 0.29) is 54.0 Å². The molecule has 3 fully saturated rings. The number of piperidine rings is 1. The minimum atomic E-state index is -1.26. The maximum absolute atomic E-state index is 14.7. The van der Waals surface area contributed by atoms with Crippen LogP contribution in [0.4, 0.5) is 19.0 Å². The SMILES string of the molecule is O[C@@H]1C[C@H](F)CN(c2nc(OC[C@@]34CCCN3C[C@H](F)C4)nc3c(F)c(Cl)ncc23)C1. The third kappa shape index (κ3) is 3.78. The zero-order valence-electron chi connectivity index (χ0n) is 16.8. The summed E-state index contributed by atoms with van der Waals surface area (Å²) in [7, 11) is 0. The van der Waals surface area contributed by atoms with Crippen molar-refractivity contribution in [3.05, 3.63) is 17.2 Å². The monoisotopic (exact) mass is 457 g/mol. The van der Waals surface area contributed by atoms with Crippen LogP contribution in [-0.4, -0.2) is 81.7 Å². The average Bonchev–Trinajstić information content (AvgIpc) is 3.24. The number of β-amino-alcohol motifs (C(OH)–C–C–N with tert-alkyl or cyclic N) is 1. The minimum absolute atomic E-state index is 0.00585. The van der Waals surface area contributed by atoms with Crippen molar-refractivity contribution in [1.82, 2.24) is 19.9 Å². The van der Waals surface area contributed by atoms with Gasteiger partial charge < -0.3 is 14.7 Å². The van der Waals surface area contributed by atoms with E-state index in [1.54, 1.807) is 0 Å². The van der Waals surface area contributed by atoms with Crippen LogP contribution in [0.2, 0.25) is 5.15 Å². The highest BCUT2D eigenvalue weighted by molar-refractivity contribution is 6.30. The van der Waals surface area contributed by atoms with Gasteiger partial charge in [-0.25, -0.2) is 18.2 Å². The van der Waals surface area contributed by atoms with Crippen molar-refractivity contribution < 1.29 is 23.0 Å². The van der Waals surface area contributed by atoms with Crippen LogP contribution in [0.3, 0.4) is 0 Å². The lowest BCUT2D eigenvalue weighted by Crippen LogP contribution is -2.45. The third-order valence-electron chi connectivity index (χ3n) is 6.51. The molecule has 0 radical (unpaired) electrons. The molecule has 3 aliphatic rings. The number of alkyl halides is 2. The van der Waals surface area contributed by atoms with Crippen LogP contribution >= 0.6 is 11.6 Å². The minimum Gasteiger partial charge on any atom is -0.461 e. The quantitative estimate of drug-likeness (QED) is 0.707. The zero-order valence-corrected chi connectivity index (χ0v) is 17.5. The Bertz CT molecular complexity index is 991. The fourth-order valence-electron chi connectivity index (χ4n) is 5.14. The molecule has 1 N–H and O–H groups in total. The van der Waals surface area contributed by atoms with Gasteiger partial charge in [-0.15, -0.1) is 0 Å². The molecule has 0 amide bonds. The molecule has 0 spiro atoms. The maximum Gasteiger partial charge on any atom is 0.319 e. The second-order valence-corrected chi connectivity index (χ2v) is 9.07. The molecular formula is C20H23ClF3N5O2. The molecule has 3 aliphatic heterocycles. The maximum atomic E-state index is 14.7. The highest BCUT2D eigenvalue weighted by Gasteiger charge is 2.49. The number of hydrogen-bond acceptors (Lipinski definition) is 7. The number of hydrogen-bond donors (Lipinski definition) is 1. The number of anilines is 1. The summed E-state index contributed by atoms with van der Waals surface area (Å²) >= 11 is 5.84. The van der Waals surface area contributed by atoms with Gasteiger partial charge in [0.05, 0.1) is 23.6 Å². The molecule has 31 heavy (non-hydrogen) atoms. The third-order valence-corrected chi connectivity index (χ3v) is 6.77. The molecule has 5 heterocycles. The number of fused-ring (bicyclic) bond motifs is 2. The van der Waals surface area contributed by atoms with Crippen LogP contribution in [0, 0.1) is 5.82 Å². The van der Waals surface area contributed by atoms with Gasteiger partial charge in [0.2, 0.25) is 0 Å². The van der Waals surface area contributed by atoms with E-state index in [9.17, 15) is 18.3 Å². The summed E-state index contributed by atoms with van der Waals surface area (Å²) in [6.07, 6.45) is 0.456. The molecule has 0 bridgehead atoms. The molecule has 168 valence electrons. The molecule has 0 saturated carbocycles. The van der Waals surface area contributed by atoms with E-state index in [2.05, 4.69) is 19.9 Å². The van der Waals surface area contributed by atoms with Gasteiger partial charge in [0.15, 0.2) is 11.0 Å². The van der Waals surface area contributed by atoms with Crippen molar-refractivity contribution in [3.8, 4) is 6.01 Å². The van der Waals surface area contributed by atoms with Crippen molar-refractivity contribution in [3.63, 3.8) is 0 Å². The zero-order chi connectivity index (χ0) is 21.8. The van der Waals surface area contributed by atoms with Gasteiger partial charge in [0.1, 0.15) is 30.3 Å². The van der Waals surface area contributed by atoms with E-state index in [0.717, 1.165) is 19.4 Å². The lowest BCUT2D eigenvalue weighted by Gasteiger charge is -2.34. The first kappa shape index (κ1) is 21.0. The summed E-state index contributed by atoms with van der Waals surface area (Å²) in [5.41, 5.74) is -0.511. The van der Waals surface area contributed by atoms with Gasteiger partial charge in [-0.3, -0.25) is 4.90 Å². The fraction of sp³-hybridized carbons (Fsp3) is 0.650. The van der Waals surface area contributed by atoms with Crippen LogP contribution < -0.4 is 9.64 Å². The molecular weight excluding hydrogens is 435 g/mol. The number of aliphatic hydroxyl groups excluding tert-OH is 1. The van der Waals surface area contributed by atoms with Gasteiger partial charge >= 0.3 is 6.01 Å². The number of rotatable bonds is 4. The molecule has 0 aromatic carbocycles. The molecule has 7 nitrogen and oxygen atoms in total. The van der Waals surface area contributed by atoms with Crippen molar-refractivity contribution in [1.29, 1.82) is 0 Å². The molecule has 0 aliphatic carbocycles. The summed E-state index contributed by atoms with van der Waals surface area (Å²) in [4.78, 5) is 16.1. The van der Waals surface area contributed by atoms with Gasteiger partial charge in [-0.05, 0) is 19.4 Å². The van der Waals surface area contributed by atoms with E-state index in [0.29, 0.717) is 13.0 Å². The van der Waals surface area contributed by atoms with E-state index < -0.39 is 29.8 Å². The predicted octanol–water partition coefficient (Wildman–Crippen LogP) is 2.68. The van der Waals surface area contributed by atoms with Crippen LogP contribution in [0.5, 0.6) is 6.01 Å². The van der Waals surface area contributed by atoms with Gasteiger partial charge in [0, 0.05) is 32.1 Å². The second kappa shape index (κ2) is 7.90. The topological polar surface area (TPSA) is 74.6 Å². The van der Waals surface area contributed by atoms with E-state index in [1.807, 2.05) is 0 Å². The van der Waals surface area contributed by atoms with Crippen molar-refractivity contribution in [2.75, 3.05) is 37.7 Å². The lowest BCUT2D eigenvalue weighted by atomic mass is 9.95. The standard InChI is InChI=1S/C20H23ClF3N5O2/c21-17-15(24)16-14(6-25-17)18(28-7-11(22)4-13(30)9-28)27-19(26-16)31-10-20-2-1-3-29(20)8-12(23)5-20/h6,11-13,30H,1-5,7-10H2/t11-,12+,13+,20-/m0/s1. The summed E-state index contributed by atoms with van der Waals surface area (Å²) in [6, 6.07) is -0.0947. The Morgan fingerprint density at radius 1 is 1.23 bits per heavy atom. The Kier molecular flexibility index (Phi) is 5.34. The van der Waals surface area contributed by atoms with Gasteiger partial charge in [0.25, 0.3) is 0 Å². The fourth-order valence-corrected chi connectivity index (χ4v) is 5.28. The Balaban J connectivity index is 1.50. The highest BCUT2D eigenvalue weighted by Crippen LogP contribution is 2.40. The summed E-state index contributed by atoms with van der Waals surface area (Å²) in [5, 5.41) is 9.92. The summed E-state index contributed by atoms with van der Waals surface area (Å²) in [5.74, 6) is -0.604. The molecule has 2 aromatic heterocycles. The summed E-state index contributed by atoms with van der Waals surface area (Å²) < 4.78 is 48.8. The first-order valence-corrected chi connectivity index (χ1v) is 10.8. The number of nitrogens with zero attached hydrogens (tertiary/aromatic N) is 5. The number of ether oxygens (including phenoxy) is 1. The Labute approximate surface area is 182 Å². The smallest absolute Gasteiger partial charge is 0.319 e. The molecule has 0 unspecified atom stereocenters. The number of halogens is 4. The van der Waals surface area contributed by atoms with Crippen molar-refractivity contribution in [2.45, 2.75) is 49.7 Å². The highest BCUT2D eigenvalue weighted by atomic mass is 35.5. The summed E-state index contributed by atoms with van der Waals surface area (Å²) in [6.45, 7) is 1.50. The number of aliphatic hydroxyl groups is 1. The number of aromatic nitrogens is 3. The molecule has 2 aromatic rings. The van der Waals surface area contributed by atoms with Crippen LogP contribution in [0.25, 0.3) is 10.9 Å². The molecule has 4 atom stereocenters. The first-order valence-electron chi connectivity index (χ1n) is 10.5. The largest absolute Gasteiger partial charge is 0.461 e. The second-order valence-electron chi connectivity index (χ2n) is 8.71. The normalized spacial score (nSPS) is 31.4. The lowest BCUT2D eigenvalue weighted by molar-refractivity contribution is 0.106. The molecule has 3 saturated heterocycles. The van der Waals surface area contributed by atoms with Crippen molar-refractivity contribution >= 4 is 28.3 Å². The van der Waals surface area contributed by atoms with E-state index in [1.165, 1.54) is 11.1 Å². The van der Waals surface area contributed by atoms with Crippen LogP contribution in [0.15, 0.2) is 6.20 Å².